The van der Waals surface area contributed by atoms with Gasteiger partial charge in [0.25, 0.3) is 0 Å². The number of rotatable bonds is 8. The highest BCUT2D eigenvalue weighted by atomic mass is 15.2. The van der Waals surface area contributed by atoms with Crippen LogP contribution in [0, 0.1) is 0 Å². The fourth-order valence-electron chi connectivity index (χ4n) is 16.6. The monoisotopic (exact) mass is 1130 g/mol. The van der Waals surface area contributed by atoms with Crippen molar-refractivity contribution in [3.05, 3.63) is 378 Å². The Morgan fingerprint density at radius 2 is 0.618 bits per heavy atom. The molecule has 0 unspecified atom stereocenters. The van der Waals surface area contributed by atoms with E-state index in [1.54, 1.807) is 0 Å². The standard InChI is InChI=1S/C86H55N3/c1-4-24-56(25-5-1)57-44-46-60(47-45-57)89-81-43-23-16-36-71(81)84-82(88(59-28-8-3-9-29-59)61-49-51-79-72(52-61)69-35-15-22-42-78(69)85(79)73-37-17-10-30-64(73)65-31-11-18-38-74(65)85)54-63(55-83(84)89)87(58-26-6-2-7-27-58)62-48-50-70-68-34-14-21-41-77(68)86(80(70)53-62)75-39-19-12-32-66(75)67-33-13-20-40-76(67)86/h1-55H. The lowest BCUT2D eigenvalue weighted by Gasteiger charge is -2.33. The van der Waals surface area contributed by atoms with Crippen LogP contribution >= 0.6 is 0 Å². The molecule has 0 atom stereocenters. The fourth-order valence-corrected chi connectivity index (χ4v) is 16.6. The zero-order chi connectivity index (χ0) is 58.4. The van der Waals surface area contributed by atoms with Gasteiger partial charge in [0.1, 0.15) is 0 Å². The Labute approximate surface area is 517 Å². The number of aromatic nitrogens is 1. The van der Waals surface area contributed by atoms with Crippen molar-refractivity contribution in [2.24, 2.45) is 0 Å². The molecule has 3 nitrogen and oxygen atoms in total. The maximum atomic E-state index is 2.54. The molecule has 3 heteroatoms. The molecule has 0 amide bonds. The predicted octanol–water partition coefficient (Wildman–Crippen LogP) is 22.1. The maximum absolute atomic E-state index is 2.54. The summed E-state index contributed by atoms with van der Waals surface area (Å²) in [5, 5.41) is 2.33. The third-order valence-electron chi connectivity index (χ3n) is 20.0. The fraction of sp³-hybridized carbons (Fsp3) is 0.0233. The van der Waals surface area contributed by atoms with Gasteiger partial charge >= 0.3 is 0 Å². The van der Waals surface area contributed by atoms with Crippen molar-refractivity contribution >= 4 is 55.9 Å². The van der Waals surface area contributed by atoms with Crippen molar-refractivity contribution in [1.29, 1.82) is 0 Å². The largest absolute Gasteiger partial charge is 0.310 e. The minimum Gasteiger partial charge on any atom is -0.310 e. The summed E-state index contributed by atoms with van der Waals surface area (Å²) < 4.78 is 2.50. The predicted molar refractivity (Wildman–Crippen MR) is 368 cm³/mol. The minimum atomic E-state index is -0.525. The van der Waals surface area contributed by atoms with Gasteiger partial charge in [0, 0.05) is 39.2 Å². The quantitative estimate of drug-likeness (QED) is 0.150. The molecule has 0 aliphatic heterocycles. The van der Waals surface area contributed by atoms with Crippen LogP contribution in [0.4, 0.5) is 34.1 Å². The van der Waals surface area contributed by atoms with Crippen molar-refractivity contribution < 1.29 is 0 Å². The van der Waals surface area contributed by atoms with Gasteiger partial charge in [0.15, 0.2) is 0 Å². The van der Waals surface area contributed by atoms with E-state index in [1.807, 2.05) is 0 Å². The average molecular weight is 1130 g/mol. The van der Waals surface area contributed by atoms with E-state index in [1.165, 1.54) is 106 Å². The van der Waals surface area contributed by atoms with Gasteiger partial charge < -0.3 is 14.4 Å². The van der Waals surface area contributed by atoms with E-state index in [2.05, 4.69) is 348 Å². The van der Waals surface area contributed by atoms with Crippen LogP contribution in [0.25, 0.3) is 83.1 Å². The van der Waals surface area contributed by atoms with Gasteiger partial charge in [-0.15, -0.1) is 0 Å². The van der Waals surface area contributed by atoms with E-state index < -0.39 is 10.8 Å². The lowest BCUT2D eigenvalue weighted by molar-refractivity contribution is 0.793. The molecule has 0 saturated carbocycles. The van der Waals surface area contributed by atoms with E-state index >= 15 is 0 Å². The normalized spacial score (nSPS) is 13.6. The van der Waals surface area contributed by atoms with Gasteiger partial charge in [-0.05, 0) is 179 Å². The Hall–Kier alpha value is -11.5. The lowest BCUT2D eigenvalue weighted by Crippen LogP contribution is -2.26. The van der Waals surface area contributed by atoms with Crippen LogP contribution in [0.3, 0.4) is 0 Å². The molecule has 0 radical (unpaired) electrons. The molecule has 89 heavy (non-hydrogen) atoms. The number of para-hydroxylation sites is 3. The van der Waals surface area contributed by atoms with Crippen LogP contribution in [0.5, 0.6) is 0 Å². The molecule has 0 bridgehead atoms. The summed E-state index contributed by atoms with van der Waals surface area (Å²) in [5.74, 6) is 0. The lowest BCUT2D eigenvalue weighted by atomic mass is 9.70. The molecular weight excluding hydrogens is 1070 g/mol. The summed E-state index contributed by atoms with van der Waals surface area (Å²) in [5.41, 5.74) is 31.9. The Bertz CT molecular complexity index is 5280. The van der Waals surface area contributed by atoms with E-state index in [9.17, 15) is 0 Å². The molecule has 0 fully saturated rings. The summed E-state index contributed by atoms with van der Waals surface area (Å²) >= 11 is 0. The first kappa shape index (κ1) is 49.7. The number of benzene rings is 14. The number of fused-ring (bicyclic) bond motifs is 23. The summed E-state index contributed by atoms with van der Waals surface area (Å²) in [6.45, 7) is 0. The second-order valence-corrected chi connectivity index (χ2v) is 24.2. The molecule has 19 rings (SSSR count). The maximum Gasteiger partial charge on any atom is 0.0726 e. The summed E-state index contributed by atoms with van der Waals surface area (Å²) in [4.78, 5) is 5.05. The van der Waals surface area contributed by atoms with Crippen LogP contribution in [-0.4, -0.2) is 4.57 Å². The smallest absolute Gasteiger partial charge is 0.0726 e. The zero-order valence-electron chi connectivity index (χ0n) is 48.6. The molecule has 4 aliphatic rings. The molecule has 1 aromatic heterocycles. The topological polar surface area (TPSA) is 11.4 Å². The first-order valence-electron chi connectivity index (χ1n) is 31.0. The molecule has 2 spiro atoms. The summed E-state index contributed by atoms with van der Waals surface area (Å²) in [6.07, 6.45) is 0. The Balaban J connectivity index is 0.896. The van der Waals surface area contributed by atoms with E-state index in [4.69, 9.17) is 0 Å². The third kappa shape index (κ3) is 6.82. The molecule has 15 aromatic rings. The van der Waals surface area contributed by atoms with Crippen molar-refractivity contribution in [3.8, 4) is 61.3 Å². The van der Waals surface area contributed by atoms with Gasteiger partial charge in [0.2, 0.25) is 0 Å². The molecule has 0 saturated heterocycles. The van der Waals surface area contributed by atoms with Crippen LogP contribution in [-0.2, 0) is 10.8 Å². The Morgan fingerprint density at radius 1 is 0.225 bits per heavy atom. The van der Waals surface area contributed by atoms with Gasteiger partial charge in [-0.25, -0.2) is 0 Å². The SMILES string of the molecule is c1ccc(-c2ccc(-n3c4ccccc4c4c(N(c5ccccc5)c5ccc6c(c5)-c5ccccc5C65c6ccccc6-c6ccccc65)cc(N(c5ccccc5)c5ccc6c(c5)C5(c7ccccc7-c7ccccc75)c5ccccc5-6)cc43)cc2)cc1. The first-order chi connectivity index (χ1) is 44.2. The highest BCUT2D eigenvalue weighted by Crippen LogP contribution is 2.65. The second kappa shape index (κ2) is 19.0. The average Bonchev–Trinajstić information content (AvgIpc) is 1.53. The van der Waals surface area contributed by atoms with Crippen LogP contribution in [0.15, 0.2) is 334 Å². The number of nitrogens with zero attached hydrogens (tertiary/aromatic N) is 3. The van der Waals surface area contributed by atoms with Gasteiger partial charge in [-0.1, -0.05) is 255 Å². The van der Waals surface area contributed by atoms with Crippen LogP contribution in [0.1, 0.15) is 44.5 Å². The van der Waals surface area contributed by atoms with E-state index in [0.29, 0.717) is 0 Å². The highest BCUT2D eigenvalue weighted by molar-refractivity contribution is 6.18. The molecule has 414 valence electrons. The van der Waals surface area contributed by atoms with Crippen molar-refractivity contribution in [3.63, 3.8) is 0 Å². The van der Waals surface area contributed by atoms with E-state index in [-0.39, 0.29) is 0 Å². The molecule has 4 aliphatic carbocycles. The number of hydrogen-bond donors (Lipinski definition) is 0. The van der Waals surface area contributed by atoms with Crippen LogP contribution in [0.2, 0.25) is 0 Å². The number of anilines is 6. The van der Waals surface area contributed by atoms with Crippen molar-refractivity contribution in [1.82, 2.24) is 4.57 Å². The van der Waals surface area contributed by atoms with E-state index in [0.717, 1.165) is 56.2 Å². The first-order valence-corrected chi connectivity index (χ1v) is 31.0. The zero-order valence-corrected chi connectivity index (χ0v) is 48.6. The minimum absolute atomic E-state index is 0.472. The molecule has 1 heterocycles. The van der Waals surface area contributed by atoms with Crippen molar-refractivity contribution in [2.45, 2.75) is 10.8 Å². The Kier molecular flexibility index (Phi) is 10.6. The third-order valence-corrected chi connectivity index (χ3v) is 20.0. The second-order valence-electron chi connectivity index (χ2n) is 24.2. The summed E-state index contributed by atoms with van der Waals surface area (Å²) in [6, 6.07) is 125. The molecule has 0 N–H and O–H groups in total. The van der Waals surface area contributed by atoms with Crippen LogP contribution < -0.4 is 9.80 Å². The highest BCUT2D eigenvalue weighted by Gasteiger charge is 2.53. The Morgan fingerprint density at radius 3 is 1.16 bits per heavy atom. The van der Waals surface area contributed by atoms with Gasteiger partial charge in [-0.3, -0.25) is 0 Å². The molecular formula is C86H55N3. The number of hydrogen-bond acceptors (Lipinski definition) is 2. The van der Waals surface area contributed by atoms with Gasteiger partial charge in [-0.2, -0.15) is 0 Å². The van der Waals surface area contributed by atoms with Gasteiger partial charge in [0.05, 0.1) is 33.2 Å². The van der Waals surface area contributed by atoms with Crippen molar-refractivity contribution in [2.75, 3.05) is 9.80 Å². The summed E-state index contributed by atoms with van der Waals surface area (Å²) in [7, 11) is 0. The molecule has 14 aromatic carbocycles.